The molecule has 146 valence electrons. The van der Waals surface area contributed by atoms with E-state index >= 15 is 0 Å². The summed E-state index contributed by atoms with van der Waals surface area (Å²) in [5, 5.41) is 12.2. The van der Waals surface area contributed by atoms with Gasteiger partial charge in [0, 0.05) is 12.2 Å². The van der Waals surface area contributed by atoms with Crippen LogP contribution in [0.25, 0.3) is 11.4 Å². The van der Waals surface area contributed by atoms with Crippen molar-refractivity contribution >= 4 is 23.4 Å². The van der Waals surface area contributed by atoms with Crippen molar-refractivity contribution in [3.8, 4) is 11.4 Å². The van der Waals surface area contributed by atoms with Crippen LogP contribution in [-0.2, 0) is 11.3 Å². The molecule has 0 aliphatic carbocycles. The number of thioether (sulfide) groups is 1. The van der Waals surface area contributed by atoms with E-state index in [9.17, 15) is 4.79 Å². The Bertz CT molecular complexity index is 974. The molecule has 2 heterocycles. The normalized spacial score (nSPS) is 11.0. The van der Waals surface area contributed by atoms with Gasteiger partial charge < -0.3 is 9.73 Å². The van der Waals surface area contributed by atoms with E-state index in [4.69, 9.17) is 4.42 Å². The molecule has 1 amide bonds. The lowest BCUT2D eigenvalue weighted by atomic mass is 10.0. The quantitative estimate of drug-likeness (QED) is 0.434. The molecule has 0 bridgehead atoms. The molecule has 6 nitrogen and oxygen atoms in total. The zero-order valence-electron chi connectivity index (χ0n) is 16.3. The van der Waals surface area contributed by atoms with Crippen molar-refractivity contribution in [2.75, 3.05) is 11.1 Å². The van der Waals surface area contributed by atoms with Gasteiger partial charge >= 0.3 is 0 Å². The Morgan fingerprint density at radius 3 is 2.79 bits per heavy atom. The highest BCUT2D eigenvalue weighted by molar-refractivity contribution is 7.99. The van der Waals surface area contributed by atoms with Gasteiger partial charge in [-0.1, -0.05) is 49.9 Å². The molecule has 0 fully saturated rings. The van der Waals surface area contributed by atoms with Gasteiger partial charge in [0.05, 0.1) is 17.6 Å². The molecule has 0 atom stereocenters. The highest BCUT2D eigenvalue weighted by Gasteiger charge is 2.18. The predicted molar refractivity (Wildman–Crippen MR) is 113 cm³/mol. The second kappa shape index (κ2) is 8.93. The number of aryl methyl sites for hydroxylation is 1. The van der Waals surface area contributed by atoms with Crippen LogP contribution in [0.15, 0.2) is 58.8 Å². The van der Waals surface area contributed by atoms with Crippen LogP contribution in [0, 0.1) is 6.92 Å². The smallest absolute Gasteiger partial charge is 0.234 e. The summed E-state index contributed by atoms with van der Waals surface area (Å²) < 4.78 is 7.31. The summed E-state index contributed by atoms with van der Waals surface area (Å²) in [4.78, 5) is 12.5. The number of amides is 1. The zero-order valence-corrected chi connectivity index (χ0v) is 17.1. The number of nitrogens with one attached hydrogen (secondary N) is 1. The molecule has 0 aliphatic heterocycles. The highest BCUT2D eigenvalue weighted by atomic mass is 32.2. The van der Waals surface area contributed by atoms with Crippen molar-refractivity contribution in [3.05, 3.63) is 60.6 Å². The van der Waals surface area contributed by atoms with Gasteiger partial charge in [0.1, 0.15) is 5.76 Å². The van der Waals surface area contributed by atoms with Crippen LogP contribution in [0.5, 0.6) is 0 Å². The van der Waals surface area contributed by atoms with Crippen LogP contribution in [0.2, 0.25) is 0 Å². The standard InChI is InChI=1S/C21H24N4O2S/c1-5-11-25-20(17-10-12-27-15(17)4)23-24-21(25)28-13-19(26)22-18-9-7-6-8-16(18)14(2)3/h5-10,12,14H,1,11,13H2,2-4H3,(H,22,26). The number of carbonyl (C=O) groups excluding carboxylic acids is 1. The van der Waals surface area contributed by atoms with Gasteiger partial charge in [-0.15, -0.1) is 16.8 Å². The number of allylic oxidation sites excluding steroid dienone is 1. The van der Waals surface area contributed by atoms with Crippen molar-refractivity contribution in [1.82, 2.24) is 14.8 Å². The Morgan fingerprint density at radius 2 is 2.11 bits per heavy atom. The van der Waals surface area contributed by atoms with E-state index in [0.29, 0.717) is 23.4 Å². The molecule has 0 aliphatic rings. The number of nitrogens with zero attached hydrogens (tertiary/aromatic N) is 3. The number of anilines is 1. The van der Waals surface area contributed by atoms with Gasteiger partial charge in [-0.05, 0) is 30.5 Å². The highest BCUT2D eigenvalue weighted by Crippen LogP contribution is 2.28. The summed E-state index contributed by atoms with van der Waals surface area (Å²) in [6, 6.07) is 9.74. The molecule has 0 radical (unpaired) electrons. The second-order valence-electron chi connectivity index (χ2n) is 6.67. The number of carbonyl (C=O) groups is 1. The number of aromatic nitrogens is 3. The Labute approximate surface area is 169 Å². The maximum Gasteiger partial charge on any atom is 0.234 e. The number of para-hydroxylation sites is 1. The second-order valence-corrected chi connectivity index (χ2v) is 7.62. The van der Waals surface area contributed by atoms with Crippen LogP contribution in [0.3, 0.4) is 0 Å². The van der Waals surface area contributed by atoms with Crippen molar-refractivity contribution in [2.24, 2.45) is 0 Å². The number of rotatable bonds is 8. The molecule has 0 unspecified atom stereocenters. The van der Waals surface area contributed by atoms with Crippen molar-refractivity contribution in [2.45, 2.75) is 38.4 Å². The molecule has 1 N–H and O–H groups in total. The largest absolute Gasteiger partial charge is 0.469 e. The van der Waals surface area contributed by atoms with Crippen LogP contribution < -0.4 is 5.32 Å². The van der Waals surface area contributed by atoms with Gasteiger partial charge in [0.15, 0.2) is 11.0 Å². The average molecular weight is 397 g/mol. The summed E-state index contributed by atoms with van der Waals surface area (Å²) in [6.45, 7) is 10.5. The minimum atomic E-state index is -0.0766. The van der Waals surface area contributed by atoms with Crippen LogP contribution in [-0.4, -0.2) is 26.4 Å². The molecule has 0 spiro atoms. The van der Waals surface area contributed by atoms with E-state index in [1.54, 1.807) is 12.3 Å². The molecule has 3 rings (SSSR count). The molecule has 28 heavy (non-hydrogen) atoms. The first-order valence-corrected chi connectivity index (χ1v) is 10.1. The minimum Gasteiger partial charge on any atom is -0.469 e. The predicted octanol–water partition coefficient (Wildman–Crippen LogP) is 4.89. The summed E-state index contributed by atoms with van der Waals surface area (Å²) in [5.74, 6) is 1.98. The molecule has 3 aromatic rings. The Kier molecular flexibility index (Phi) is 6.36. The SMILES string of the molecule is C=CCn1c(SCC(=O)Nc2ccccc2C(C)C)nnc1-c1ccoc1C. The van der Waals surface area contributed by atoms with E-state index < -0.39 is 0 Å². The fraction of sp³-hybridized carbons (Fsp3) is 0.286. The zero-order chi connectivity index (χ0) is 20.1. The number of hydrogen-bond acceptors (Lipinski definition) is 5. The average Bonchev–Trinajstić information content (AvgIpc) is 3.26. The van der Waals surface area contributed by atoms with Crippen molar-refractivity contribution in [1.29, 1.82) is 0 Å². The third kappa shape index (κ3) is 4.36. The van der Waals surface area contributed by atoms with Gasteiger partial charge in [-0.25, -0.2) is 0 Å². The fourth-order valence-electron chi connectivity index (χ4n) is 2.94. The summed E-state index contributed by atoms with van der Waals surface area (Å²) in [7, 11) is 0. The lowest BCUT2D eigenvalue weighted by Crippen LogP contribution is -2.16. The third-order valence-corrected chi connectivity index (χ3v) is 5.28. The third-order valence-electron chi connectivity index (χ3n) is 4.32. The number of benzene rings is 1. The van der Waals surface area contributed by atoms with E-state index in [-0.39, 0.29) is 11.7 Å². The lowest BCUT2D eigenvalue weighted by molar-refractivity contribution is -0.113. The van der Waals surface area contributed by atoms with Gasteiger partial charge in [0.25, 0.3) is 0 Å². The van der Waals surface area contributed by atoms with Gasteiger partial charge in [-0.3, -0.25) is 9.36 Å². The minimum absolute atomic E-state index is 0.0766. The van der Waals surface area contributed by atoms with Gasteiger partial charge in [0.2, 0.25) is 5.91 Å². The lowest BCUT2D eigenvalue weighted by Gasteiger charge is -2.13. The number of hydrogen-bond donors (Lipinski definition) is 1. The van der Waals surface area contributed by atoms with Crippen molar-refractivity contribution in [3.63, 3.8) is 0 Å². The van der Waals surface area contributed by atoms with Crippen LogP contribution >= 0.6 is 11.8 Å². The maximum absolute atomic E-state index is 12.5. The Balaban J connectivity index is 1.73. The van der Waals surface area contributed by atoms with E-state index in [0.717, 1.165) is 22.6 Å². The molecular formula is C21H24N4O2S. The molecular weight excluding hydrogens is 372 g/mol. The van der Waals surface area contributed by atoms with E-state index in [2.05, 4.69) is 35.9 Å². The van der Waals surface area contributed by atoms with E-state index in [1.165, 1.54) is 11.8 Å². The maximum atomic E-state index is 12.5. The molecule has 1 aromatic carbocycles. The first-order valence-electron chi connectivity index (χ1n) is 9.11. The summed E-state index contributed by atoms with van der Waals surface area (Å²) >= 11 is 1.35. The Hall–Kier alpha value is -2.80. The van der Waals surface area contributed by atoms with Crippen LogP contribution in [0.4, 0.5) is 5.69 Å². The fourth-order valence-corrected chi connectivity index (χ4v) is 3.68. The first kappa shape index (κ1) is 19.9. The molecule has 0 saturated carbocycles. The summed E-state index contributed by atoms with van der Waals surface area (Å²) in [6.07, 6.45) is 3.41. The van der Waals surface area contributed by atoms with E-state index in [1.807, 2.05) is 41.8 Å². The van der Waals surface area contributed by atoms with Crippen LogP contribution in [0.1, 0.15) is 31.1 Å². The molecule has 2 aromatic heterocycles. The molecule has 7 heteroatoms. The monoisotopic (exact) mass is 396 g/mol. The molecule has 0 saturated heterocycles. The summed E-state index contributed by atoms with van der Waals surface area (Å²) in [5.41, 5.74) is 2.86. The number of furan rings is 1. The topological polar surface area (TPSA) is 73.0 Å². The van der Waals surface area contributed by atoms with Gasteiger partial charge in [-0.2, -0.15) is 0 Å². The Morgan fingerprint density at radius 1 is 1.32 bits per heavy atom. The first-order chi connectivity index (χ1) is 13.5. The van der Waals surface area contributed by atoms with Crippen molar-refractivity contribution < 1.29 is 9.21 Å².